The molecule has 7 heteroatoms. The van der Waals surface area contributed by atoms with Crippen molar-refractivity contribution in [3.05, 3.63) is 159 Å². The van der Waals surface area contributed by atoms with E-state index in [1.807, 2.05) is 78.3 Å². The van der Waals surface area contributed by atoms with Gasteiger partial charge in [-0.3, -0.25) is 9.69 Å². The van der Waals surface area contributed by atoms with Gasteiger partial charge < -0.3 is 4.98 Å². The summed E-state index contributed by atoms with van der Waals surface area (Å²) < 4.78 is 1.82. The topological polar surface area (TPSA) is 79.7 Å². The van der Waals surface area contributed by atoms with Gasteiger partial charge in [0.05, 0.1) is 12.1 Å². The van der Waals surface area contributed by atoms with E-state index in [4.69, 9.17) is 0 Å². The molecule has 0 fully saturated rings. The number of H-pyrrole nitrogens is 1. The highest BCUT2D eigenvalue weighted by Gasteiger charge is 2.31. The average molecular weight is 541 g/mol. The van der Waals surface area contributed by atoms with Gasteiger partial charge in [-0.25, -0.2) is 4.68 Å². The van der Waals surface area contributed by atoms with Gasteiger partial charge >= 0.3 is 0 Å². The van der Waals surface area contributed by atoms with Gasteiger partial charge in [0.25, 0.3) is 5.56 Å². The van der Waals surface area contributed by atoms with Crippen LogP contribution in [0.1, 0.15) is 39.7 Å². The van der Waals surface area contributed by atoms with Gasteiger partial charge in [-0.1, -0.05) is 109 Å². The minimum absolute atomic E-state index is 0.135. The second-order valence-electron chi connectivity index (χ2n) is 10.4. The number of aromatic amines is 1. The lowest BCUT2D eigenvalue weighted by molar-refractivity contribution is 0.205. The molecule has 0 aliphatic carbocycles. The zero-order chi connectivity index (χ0) is 28.0. The summed E-state index contributed by atoms with van der Waals surface area (Å²) in [6.07, 6.45) is 0.815. The average Bonchev–Trinajstić information content (AvgIpc) is 3.45. The summed E-state index contributed by atoms with van der Waals surface area (Å²) in [5.74, 6) is 0.635. The number of nitrogens with one attached hydrogen (secondary N) is 1. The van der Waals surface area contributed by atoms with E-state index in [0.717, 1.165) is 34.0 Å². The fourth-order valence-corrected chi connectivity index (χ4v) is 5.41. The van der Waals surface area contributed by atoms with Crippen LogP contribution in [0, 0.1) is 6.92 Å². The van der Waals surface area contributed by atoms with Crippen molar-refractivity contribution in [1.29, 1.82) is 0 Å². The fourth-order valence-electron chi connectivity index (χ4n) is 5.41. The molecule has 0 amide bonds. The third-order valence-corrected chi connectivity index (χ3v) is 7.51. The molecule has 0 bridgehead atoms. The molecule has 0 aliphatic heterocycles. The standard InChI is InChI=1S/C34H32N6O/c1-25-12-11-19-29-22-30(34(41)35-31(25)29)32(33-36-37-38-40(33)24-28-17-9-4-10-18-28)39(23-27-15-7-3-8-16-27)21-20-26-13-5-2-6-14-26/h2-19,22,32H,20-21,23-24H2,1H3,(H,35,41)/t32-/m0/s1. The van der Waals surface area contributed by atoms with E-state index in [0.29, 0.717) is 31.0 Å². The van der Waals surface area contributed by atoms with Crippen molar-refractivity contribution in [3.8, 4) is 0 Å². The molecule has 6 rings (SSSR count). The molecule has 1 N–H and O–H groups in total. The Balaban J connectivity index is 1.49. The fraction of sp³-hybridized carbons (Fsp3) is 0.176. The molecule has 2 aromatic heterocycles. The minimum Gasteiger partial charge on any atom is -0.321 e. The number of para-hydroxylation sites is 1. The SMILES string of the molecule is Cc1cccc2cc([C@@H](c3nnnn3Cc3ccccc3)N(CCc3ccccc3)Cc3ccccc3)c(=O)[nH]c12. The maximum atomic E-state index is 13.9. The first-order chi connectivity index (χ1) is 20.2. The Bertz CT molecular complexity index is 1780. The largest absolute Gasteiger partial charge is 0.321 e. The quantitative estimate of drug-likeness (QED) is 0.241. The van der Waals surface area contributed by atoms with E-state index >= 15 is 0 Å². The predicted octanol–water partition coefficient (Wildman–Crippen LogP) is 5.71. The van der Waals surface area contributed by atoms with E-state index < -0.39 is 6.04 Å². The van der Waals surface area contributed by atoms with Gasteiger partial charge in [0.1, 0.15) is 6.04 Å². The van der Waals surface area contributed by atoms with Crippen LogP contribution in [0.5, 0.6) is 0 Å². The van der Waals surface area contributed by atoms with Crippen molar-refractivity contribution in [2.75, 3.05) is 6.54 Å². The van der Waals surface area contributed by atoms with Crippen LogP contribution in [0.4, 0.5) is 0 Å². The number of nitrogens with zero attached hydrogens (tertiary/aromatic N) is 5. The summed E-state index contributed by atoms with van der Waals surface area (Å²) in [6, 6.07) is 38.5. The van der Waals surface area contributed by atoms with E-state index in [-0.39, 0.29) is 5.56 Å². The highest BCUT2D eigenvalue weighted by molar-refractivity contribution is 5.82. The smallest absolute Gasteiger partial charge is 0.253 e. The summed E-state index contributed by atoms with van der Waals surface area (Å²) in [5.41, 5.74) is 5.84. The van der Waals surface area contributed by atoms with Crippen LogP contribution in [-0.2, 0) is 19.5 Å². The predicted molar refractivity (Wildman–Crippen MR) is 162 cm³/mol. The molecule has 0 saturated heterocycles. The normalized spacial score (nSPS) is 12.1. The van der Waals surface area contributed by atoms with Gasteiger partial charge in [-0.05, 0) is 57.5 Å². The summed E-state index contributed by atoms with van der Waals surface area (Å²) in [6.45, 7) is 3.84. The second kappa shape index (κ2) is 12.1. The lowest BCUT2D eigenvalue weighted by Crippen LogP contribution is -2.36. The van der Waals surface area contributed by atoms with Crippen molar-refractivity contribution in [3.63, 3.8) is 0 Å². The number of hydrogen-bond donors (Lipinski definition) is 1. The molecule has 0 aliphatic rings. The van der Waals surface area contributed by atoms with E-state index in [1.165, 1.54) is 5.56 Å². The van der Waals surface area contributed by atoms with Crippen LogP contribution in [0.15, 0.2) is 120 Å². The van der Waals surface area contributed by atoms with E-state index in [1.54, 1.807) is 0 Å². The van der Waals surface area contributed by atoms with Gasteiger partial charge in [0.15, 0.2) is 5.82 Å². The van der Waals surface area contributed by atoms with Gasteiger partial charge in [0, 0.05) is 18.7 Å². The number of hydrogen-bond acceptors (Lipinski definition) is 5. The van der Waals surface area contributed by atoms with Gasteiger partial charge in [-0.15, -0.1) is 5.10 Å². The van der Waals surface area contributed by atoms with Crippen LogP contribution < -0.4 is 5.56 Å². The number of pyridine rings is 1. The number of tetrazole rings is 1. The number of rotatable bonds is 10. The van der Waals surface area contributed by atoms with Gasteiger partial charge in [-0.2, -0.15) is 0 Å². The van der Waals surface area contributed by atoms with Crippen molar-refractivity contribution in [1.82, 2.24) is 30.1 Å². The Kier molecular flexibility index (Phi) is 7.78. The molecule has 6 aromatic rings. The monoisotopic (exact) mass is 540 g/mol. The second-order valence-corrected chi connectivity index (χ2v) is 10.4. The first-order valence-corrected chi connectivity index (χ1v) is 13.9. The number of benzene rings is 4. The molecule has 4 aromatic carbocycles. The van der Waals surface area contributed by atoms with Crippen molar-refractivity contribution < 1.29 is 0 Å². The molecule has 0 unspecified atom stereocenters. The molecule has 41 heavy (non-hydrogen) atoms. The Morgan fingerprint density at radius 2 is 1.46 bits per heavy atom. The molecular formula is C34H32N6O. The first-order valence-electron chi connectivity index (χ1n) is 13.9. The van der Waals surface area contributed by atoms with Gasteiger partial charge in [0.2, 0.25) is 0 Å². The summed E-state index contributed by atoms with van der Waals surface area (Å²) in [7, 11) is 0. The van der Waals surface area contributed by atoms with Crippen LogP contribution in [0.3, 0.4) is 0 Å². The molecule has 0 spiro atoms. The van der Waals surface area contributed by atoms with Crippen LogP contribution in [0.25, 0.3) is 10.9 Å². The first kappa shape index (κ1) is 26.3. The Labute approximate surface area is 239 Å². The van der Waals surface area contributed by atoms with E-state index in [9.17, 15) is 4.79 Å². The summed E-state index contributed by atoms with van der Waals surface area (Å²) in [4.78, 5) is 19.4. The third kappa shape index (κ3) is 6.00. The molecule has 2 heterocycles. The zero-order valence-corrected chi connectivity index (χ0v) is 23.0. The number of aryl methyl sites for hydroxylation is 1. The molecule has 1 atom stereocenters. The van der Waals surface area contributed by atoms with Crippen LogP contribution in [0.2, 0.25) is 0 Å². The van der Waals surface area contributed by atoms with Crippen molar-refractivity contribution in [2.24, 2.45) is 0 Å². The summed E-state index contributed by atoms with van der Waals surface area (Å²) >= 11 is 0. The molecule has 7 nitrogen and oxygen atoms in total. The maximum Gasteiger partial charge on any atom is 0.253 e. The lowest BCUT2D eigenvalue weighted by atomic mass is 10.0. The van der Waals surface area contributed by atoms with Crippen LogP contribution >= 0.6 is 0 Å². The van der Waals surface area contributed by atoms with E-state index in [2.05, 4.69) is 73.9 Å². The van der Waals surface area contributed by atoms with Crippen molar-refractivity contribution in [2.45, 2.75) is 32.5 Å². The Morgan fingerprint density at radius 3 is 2.17 bits per heavy atom. The number of aromatic nitrogens is 5. The summed E-state index contributed by atoms with van der Waals surface area (Å²) in [5, 5.41) is 14.0. The molecule has 204 valence electrons. The Hall–Kier alpha value is -4.88. The highest BCUT2D eigenvalue weighted by atomic mass is 16.1. The molecule has 0 radical (unpaired) electrons. The third-order valence-electron chi connectivity index (χ3n) is 7.51. The molecular weight excluding hydrogens is 508 g/mol. The maximum absolute atomic E-state index is 13.9. The highest BCUT2D eigenvalue weighted by Crippen LogP contribution is 2.29. The Morgan fingerprint density at radius 1 is 0.805 bits per heavy atom. The zero-order valence-electron chi connectivity index (χ0n) is 23.0. The minimum atomic E-state index is -0.480. The molecule has 0 saturated carbocycles. The lowest BCUT2D eigenvalue weighted by Gasteiger charge is -2.31. The number of fused-ring (bicyclic) bond motifs is 1. The van der Waals surface area contributed by atoms with Crippen LogP contribution in [-0.4, -0.2) is 36.6 Å². The van der Waals surface area contributed by atoms with Crippen molar-refractivity contribution >= 4 is 10.9 Å².